The summed E-state index contributed by atoms with van der Waals surface area (Å²) in [6.45, 7) is 2.57. The molecule has 2 fully saturated rings. The van der Waals surface area contributed by atoms with Crippen LogP contribution in [0.2, 0.25) is 0 Å². The van der Waals surface area contributed by atoms with E-state index in [1.807, 2.05) is 30.3 Å². The molecule has 3 rings (SSSR count). The van der Waals surface area contributed by atoms with Crippen molar-refractivity contribution < 1.29 is 19.5 Å². The number of carbonyl (C=O) groups excluding carboxylic acids is 2. The van der Waals surface area contributed by atoms with Crippen molar-refractivity contribution in [2.45, 2.75) is 56.9 Å². The average molecular weight is 375 g/mol. The zero-order valence-electron chi connectivity index (χ0n) is 16.0. The quantitative estimate of drug-likeness (QED) is 0.589. The van der Waals surface area contributed by atoms with E-state index in [0.29, 0.717) is 19.6 Å². The van der Waals surface area contributed by atoms with Crippen LogP contribution in [0.3, 0.4) is 0 Å². The van der Waals surface area contributed by atoms with E-state index in [1.165, 1.54) is 5.06 Å². The molecule has 3 N–H and O–H groups in total. The summed E-state index contributed by atoms with van der Waals surface area (Å²) in [5, 5.41) is 17.3. The molecule has 1 aromatic rings. The lowest BCUT2D eigenvalue weighted by Gasteiger charge is -2.45. The van der Waals surface area contributed by atoms with Crippen LogP contribution >= 0.6 is 0 Å². The van der Waals surface area contributed by atoms with E-state index in [4.69, 9.17) is 4.84 Å². The second kappa shape index (κ2) is 8.37. The molecule has 0 radical (unpaired) electrons. The summed E-state index contributed by atoms with van der Waals surface area (Å²) in [5.41, 5.74) is 0.510. The predicted octanol–water partition coefficient (Wildman–Crippen LogP) is 0.974. The van der Waals surface area contributed by atoms with Crippen molar-refractivity contribution in [3.8, 4) is 0 Å². The number of nitrogens with zero attached hydrogens (tertiary/aromatic N) is 1. The molecule has 0 saturated carbocycles. The SMILES string of the molecule is CNC(=O)[C@@H](CCC1CCC2(CN(OCc3ccccc3)C2=O)N1)[C@@H](C)O. The summed E-state index contributed by atoms with van der Waals surface area (Å²) in [5.74, 6) is -0.576. The maximum atomic E-state index is 12.6. The Kier molecular flexibility index (Phi) is 6.14. The minimum Gasteiger partial charge on any atom is -0.393 e. The number of hydrogen-bond acceptors (Lipinski definition) is 5. The largest absolute Gasteiger partial charge is 0.393 e. The first kappa shape index (κ1) is 19.8. The Morgan fingerprint density at radius 1 is 1.44 bits per heavy atom. The predicted molar refractivity (Wildman–Crippen MR) is 100 cm³/mol. The molecule has 1 aromatic carbocycles. The highest BCUT2D eigenvalue weighted by Crippen LogP contribution is 2.36. The molecule has 2 unspecified atom stereocenters. The molecule has 2 aliphatic heterocycles. The van der Waals surface area contributed by atoms with Crippen molar-refractivity contribution in [1.82, 2.24) is 15.7 Å². The van der Waals surface area contributed by atoms with Crippen LogP contribution in [0.5, 0.6) is 0 Å². The number of aliphatic hydroxyl groups excluding tert-OH is 1. The number of rotatable bonds is 8. The van der Waals surface area contributed by atoms with Crippen LogP contribution in [-0.2, 0) is 21.0 Å². The molecule has 4 atom stereocenters. The minimum absolute atomic E-state index is 0.0145. The van der Waals surface area contributed by atoms with Gasteiger partial charge >= 0.3 is 0 Å². The Morgan fingerprint density at radius 2 is 2.19 bits per heavy atom. The summed E-state index contributed by atoms with van der Waals surface area (Å²) in [7, 11) is 1.58. The number of β-lactam (4-membered cyclic amide) rings is 1. The average Bonchev–Trinajstić information content (AvgIpc) is 3.11. The third-order valence-electron chi connectivity index (χ3n) is 5.67. The third-order valence-corrected chi connectivity index (χ3v) is 5.67. The molecule has 7 heteroatoms. The van der Waals surface area contributed by atoms with Gasteiger partial charge in [0.25, 0.3) is 5.91 Å². The number of carbonyl (C=O) groups is 2. The van der Waals surface area contributed by atoms with Gasteiger partial charge in [-0.3, -0.25) is 19.7 Å². The zero-order chi connectivity index (χ0) is 19.4. The standard InChI is InChI=1S/C20H29N3O4/c1-14(24)17(18(25)21-2)9-8-16-10-11-20(22-16)13-23(19(20)26)27-12-15-6-4-3-5-7-15/h3-7,14,16-17,22,24H,8-13H2,1-2H3,(H,21,25)/t14-,16?,17+,20?/m1/s1. The van der Waals surface area contributed by atoms with Gasteiger partial charge in [0.1, 0.15) is 12.1 Å². The van der Waals surface area contributed by atoms with Crippen LogP contribution in [0.15, 0.2) is 30.3 Å². The molecule has 0 bridgehead atoms. The van der Waals surface area contributed by atoms with Crippen LogP contribution in [0.4, 0.5) is 0 Å². The van der Waals surface area contributed by atoms with Gasteiger partial charge in [-0.2, -0.15) is 0 Å². The van der Waals surface area contributed by atoms with E-state index in [-0.39, 0.29) is 17.9 Å². The van der Waals surface area contributed by atoms with Gasteiger partial charge < -0.3 is 10.4 Å². The first-order valence-electron chi connectivity index (χ1n) is 9.61. The lowest BCUT2D eigenvalue weighted by atomic mass is 9.89. The Labute approximate surface area is 160 Å². The number of hydrogen-bond donors (Lipinski definition) is 3. The van der Waals surface area contributed by atoms with Crippen molar-refractivity contribution in [2.75, 3.05) is 13.6 Å². The van der Waals surface area contributed by atoms with Crippen molar-refractivity contribution in [2.24, 2.45) is 5.92 Å². The highest BCUT2D eigenvalue weighted by Gasteiger charge is 2.56. The monoisotopic (exact) mass is 375 g/mol. The molecular weight excluding hydrogens is 346 g/mol. The summed E-state index contributed by atoms with van der Waals surface area (Å²) < 4.78 is 0. The Balaban J connectivity index is 1.45. The van der Waals surface area contributed by atoms with Crippen LogP contribution in [0.1, 0.15) is 38.2 Å². The molecule has 1 spiro atoms. The molecular formula is C20H29N3O4. The van der Waals surface area contributed by atoms with Gasteiger partial charge in [0, 0.05) is 13.1 Å². The van der Waals surface area contributed by atoms with Gasteiger partial charge in [-0.05, 0) is 38.2 Å². The van der Waals surface area contributed by atoms with E-state index < -0.39 is 17.6 Å². The molecule has 0 aliphatic carbocycles. The summed E-state index contributed by atoms with van der Waals surface area (Å²) >= 11 is 0. The van der Waals surface area contributed by atoms with Crippen LogP contribution in [0, 0.1) is 5.92 Å². The third kappa shape index (κ3) is 4.31. The minimum atomic E-state index is -0.687. The molecule has 2 heterocycles. The number of amides is 2. The topological polar surface area (TPSA) is 90.9 Å². The van der Waals surface area contributed by atoms with Gasteiger partial charge in [0.15, 0.2) is 0 Å². The number of nitrogens with one attached hydrogen (secondary N) is 2. The zero-order valence-corrected chi connectivity index (χ0v) is 16.0. The second-order valence-electron chi connectivity index (χ2n) is 7.60. The Hall–Kier alpha value is -1.96. The van der Waals surface area contributed by atoms with E-state index in [9.17, 15) is 14.7 Å². The molecule has 2 aliphatic rings. The highest BCUT2D eigenvalue weighted by atomic mass is 16.7. The van der Waals surface area contributed by atoms with E-state index in [2.05, 4.69) is 10.6 Å². The maximum Gasteiger partial charge on any atom is 0.268 e. The second-order valence-corrected chi connectivity index (χ2v) is 7.60. The van der Waals surface area contributed by atoms with E-state index in [1.54, 1.807) is 14.0 Å². The maximum absolute atomic E-state index is 12.6. The van der Waals surface area contributed by atoms with Crippen molar-refractivity contribution in [3.05, 3.63) is 35.9 Å². The summed E-state index contributed by atoms with van der Waals surface area (Å²) in [6.07, 6.45) is 2.32. The molecule has 0 aromatic heterocycles. The van der Waals surface area contributed by atoms with Gasteiger partial charge in [-0.15, -0.1) is 0 Å². The van der Waals surface area contributed by atoms with Crippen molar-refractivity contribution in [3.63, 3.8) is 0 Å². The van der Waals surface area contributed by atoms with E-state index >= 15 is 0 Å². The van der Waals surface area contributed by atoms with E-state index in [0.717, 1.165) is 24.8 Å². The normalized spacial score (nSPS) is 26.7. The molecule has 148 valence electrons. The Morgan fingerprint density at radius 3 is 2.81 bits per heavy atom. The first-order chi connectivity index (χ1) is 12.9. The molecule has 2 amide bonds. The fourth-order valence-corrected chi connectivity index (χ4v) is 3.99. The van der Waals surface area contributed by atoms with Gasteiger partial charge in [0.2, 0.25) is 5.91 Å². The van der Waals surface area contributed by atoms with Gasteiger partial charge in [0.05, 0.1) is 18.6 Å². The van der Waals surface area contributed by atoms with Crippen LogP contribution in [-0.4, -0.2) is 53.3 Å². The molecule has 27 heavy (non-hydrogen) atoms. The van der Waals surface area contributed by atoms with Crippen LogP contribution < -0.4 is 10.6 Å². The lowest BCUT2D eigenvalue weighted by molar-refractivity contribution is -0.231. The molecule has 2 saturated heterocycles. The van der Waals surface area contributed by atoms with Gasteiger partial charge in [-0.25, -0.2) is 5.06 Å². The Bertz CT molecular complexity index is 666. The number of hydroxylamine groups is 2. The molecule has 7 nitrogen and oxygen atoms in total. The fourth-order valence-electron chi connectivity index (χ4n) is 3.99. The summed E-state index contributed by atoms with van der Waals surface area (Å²) in [4.78, 5) is 30.1. The lowest BCUT2D eigenvalue weighted by Crippen LogP contribution is -2.71. The summed E-state index contributed by atoms with van der Waals surface area (Å²) in [6, 6.07) is 9.95. The smallest absolute Gasteiger partial charge is 0.268 e. The van der Waals surface area contributed by atoms with Gasteiger partial charge in [-0.1, -0.05) is 30.3 Å². The number of aliphatic hydroxyl groups is 1. The first-order valence-corrected chi connectivity index (χ1v) is 9.61. The van der Waals surface area contributed by atoms with Crippen molar-refractivity contribution >= 4 is 11.8 Å². The van der Waals surface area contributed by atoms with Crippen LogP contribution in [0.25, 0.3) is 0 Å². The van der Waals surface area contributed by atoms with Crippen molar-refractivity contribution in [1.29, 1.82) is 0 Å². The highest BCUT2D eigenvalue weighted by molar-refractivity contribution is 5.92. The number of benzene rings is 1. The fraction of sp³-hybridized carbons (Fsp3) is 0.600.